The van der Waals surface area contributed by atoms with Crippen LogP contribution in [0.1, 0.15) is 51.9 Å². The van der Waals surface area contributed by atoms with E-state index in [1.54, 1.807) is 18.9 Å². The molecule has 0 radical (unpaired) electrons. The van der Waals surface area contributed by atoms with Crippen molar-refractivity contribution in [3.8, 4) is 0 Å². The summed E-state index contributed by atoms with van der Waals surface area (Å²) in [6.45, 7) is 2.58. The van der Waals surface area contributed by atoms with Gasteiger partial charge in [-0.2, -0.15) is 5.10 Å². The number of fused-ring (bicyclic) bond motifs is 1. The van der Waals surface area contributed by atoms with E-state index in [0.717, 1.165) is 11.3 Å². The second kappa shape index (κ2) is 8.23. The number of hydrogen-bond acceptors (Lipinski definition) is 6. The lowest BCUT2D eigenvalue weighted by atomic mass is 10.0. The summed E-state index contributed by atoms with van der Waals surface area (Å²) in [6, 6.07) is 7.73. The van der Waals surface area contributed by atoms with Crippen LogP contribution in [-0.4, -0.2) is 65.5 Å². The Labute approximate surface area is 188 Å². The molecule has 1 fully saturated rings. The number of anilines is 1. The largest absolute Gasteiger partial charge is 0.388 e. The van der Waals surface area contributed by atoms with Crippen LogP contribution < -0.4 is 10.6 Å². The van der Waals surface area contributed by atoms with Crippen molar-refractivity contribution >= 4 is 27.3 Å². The van der Waals surface area contributed by atoms with Crippen molar-refractivity contribution in [3.63, 3.8) is 0 Å². The maximum atomic E-state index is 13.2. The minimum Gasteiger partial charge on any atom is -0.388 e. The number of carbonyl (C=O) groups excluding carboxylic acids is 2. The summed E-state index contributed by atoms with van der Waals surface area (Å²) in [5.74, 6) is -0.512. The second-order valence-electron chi connectivity index (χ2n) is 8.49. The molecule has 1 aromatic carbocycles. The quantitative estimate of drug-likeness (QED) is 0.616. The molecule has 9 nitrogen and oxygen atoms in total. The number of aromatic nitrogens is 2. The van der Waals surface area contributed by atoms with Crippen LogP contribution in [0, 0.1) is 0 Å². The van der Waals surface area contributed by atoms with Crippen LogP contribution in [0.25, 0.3) is 0 Å². The number of nitrogens with zero attached hydrogens (tertiary/aromatic N) is 3. The molecule has 1 aliphatic carbocycles. The number of carbonyl (C=O) groups is 2. The van der Waals surface area contributed by atoms with Crippen molar-refractivity contribution in [3.05, 3.63) is 46.8 Å². The van der Waals surface area contributed by atoms with Crippen molar-refractivity contribution in [2.75, 3.05) is 31.2 Å². The summed E-state index contributed by atoms with van der Waals surface area (Å²) in [7, 11) is 0.258. The molecular weight excluding hydrogens is 430 g/mol. The Kier molecular flexibility index (Phi) is 5.74. The maximum Gasteiger partial charge on any atom is 0.272 e. The first-order chi connectivity index (χ1) is 15.2. The lowest BCUT2D eigenvalue weighted by Gasteiger charge is -2.30. The van der Waals surface area contributed by atoms with Gasteiger partial charge in [0.05, 0.1) is 4.75 Å². The molecule has 10 heteroatoms. The van der Waals surface area contributed by atoms with Gasteiger partial charge in [0, 0.05) is 50.7 Å². The van der Waals surface area contributed by atoms with Gasteiger partial charge in [-0.3, -0.25) is 14.3 Å². The van der Waals surface area contributed by atoms with E-state index < -0.39 is 14.6 Å². The first kappa shape index (κ1) is 22.3. The first-order valence-corrected chi connectivity index (χ1v) is 12.5. The second-order valence-corrected chi connectivity index (χ2v) is 11.2. The zero-order chi connectivity index (χ0) is 23.1. The van der Waals surface area contributed by atoms with Gasteiger partial charge >= 0.3 is 0 Å². The van der Waals surface area contributed by atoms with E-state index in [2.05, 4.69) is 15.7 Å². The molecule has 2 heterocycles. The van der Waals surface area contributed by atoms with Gasteiger partial charge in [-0.15, -0.1) is 0 Å². The van der Waals surface area contributed by atoms with E-state index in [0.29, 0.717) is 43.6 Å². The molecule has 0 atom stereocenters. The summed E-state index contributed by atoms with van der Waals surface area (Å²) in [6.07, 6.45) is 1.65. The average molecular weight is 460 g/mol. The summed E-state index contributed by atoms with van der Waals surface area (Å²) in [4.78, 5) is 27.6. The number of rotatable bonds is 8. The Morgan fingerprint density at radius 2 is 1.91 bits per heavy atom. The molecule has 32 heavy (non-hydrogen) atoms. The number of benzene rings is 1. The highest BCUT2D eigenvalue weighted by Crippen LogP contribution is 2.45. The van der Waals surface area contributed by atoms with Gasteiger partial charge in [-0.05, 0) is 37.0 Å². The monoisotopic (exact) mass is 459 g/mol. The standard InChI is InChI=1S/C22H29N5O4S/c1-4-32(30,31)22(10-11-22)14-27-12-9-17-18(25-26(3)19(17)21(27)29)20(28)24-13-15-5-7-16(23-2)8-6-15/h5-8,23H,4,9-14H2,1-3H3,(H,24,28). The van der Waals surface area contributed by atoms with Gasteiger partial charge in [0.1, 0.15) is 5.69 Å². The highest BCUT2D eigenvalue weighted by molar-refractivity contribution is 7.93. The number of sulfone groups is 1. The molecule has 0 spiro atoms. The topological polar surface area (TPSA) is 113 Å². The van der Waals surface area contributed by atoms with Crippen molar-refractivity contribution in [1.29, 1.82) is 0 Å². The van der Waals surface area contributed by atoms with Gasteiger partial charge in [-0.25, -0.2) is 8.42 Å². The van der Waals surface area contributed by atoms with Gasteiger partial charge in [0.15, 0.2) is 15.5 Å². The Balaban J connectivity index is 1.48. The van der Waals surface area contributed by atoms with Crippen molar-refractivity contribution < 1.29 is 18.0 Å². The molecule has 0 bridgehead atoms. The molecular formula is C22H29N5O4S. The normalized spacial score (nSPS) is 17.1. The van der Waals surface area contributed by atoms with Crippen LogP contribution in [-0.2, 0) is 29.9 Å². The van der Waals surface area contributed by atoms with E-state index in [1.807, 2.05) is 31.3 Å². The SMILES string of the molecule is CCS(=O)(=O)C1(CN2CCc3c(C(=O)NCc4ccc(NC)cc4)nn(C)c3C2=O)CC1. The van der Waals surface area contributed by atoms with Gasteiger partial charge in [-0.1, -0.05) is 19.1 Å². The molecule has 2 N–H and O–H groups in total. The van der Waals surface area contributed by atoms with E-state index in [1.165, 1.54) is 4.68 Å². The Bertz CT molecular complexity index is 1150. The summed E-state index contributed by atoms with van der Waals surface area (Å²) in [5.41, 5.74) is 3.19. The van der Waals surface area contributed by atoms with Gasteiger partial charge < -0.3 is 15.5 Å². The minimum atomic E-state index is -3.23. The predicted molar refractivity (Wildman–Crippen MR) is 121 cm³/mol. The minimum absolute atomic E-state index is 0.0774. The Morgan fingerprint density at radius 1 is 1.22 bits per heavy atom. The fourth-order valence-electron chi connectivity index (χ4n) is 4.32. The van der Waals surface area contributed by atoms with E-state index >= 15 is 0 Å². The van der Waals surface area contributed by atoms with E-state index in [4.69, 9.17) is 0 Å². The predicted octanol–water partition coefficient (Wildman–Crippen LogP) is 1.36. The molecule has 0 unspecified atom stereocenters. The molecule has 1 saturated carbocycles. The van der Waals surface area contributed by atoms with Crippen molar-refractivity contribution in [1.82, 2.24) is 20.0 Å². The fraction of sp³-hybridized carbons (Fsp3) is 0.500. The van der Waals surface area contributed by atoms with Crippen molar-refractivity contribution in [2.24, 2.45) is 7.05 Å². The van der Waals surface area contributed by atoms with Crippen LogP contribution in [0.4, 0.5) is 5.69 Å². The molecule has 4 rings (SSSR count). The highest BCUT2D eigenvalue weighted by atomic mass is 32.2. The summed E-state index contributed by atoms with van der Waals surface area (Å²) >= 11 is 0. The van der Waals surface area contributed by atoms with Crippen LogP contribution in [0.3, 0.4) is 0 Å². The third-order valence-corrected chi connectivity index (χ3v) is 9.12. The lowest BCUT2D eigenvalue weighted by Crippen LogP contribution is -2.46. The molecule has 172 valence electrons. The summed E-state index contributed by atoms with van der Waals surface area (Å²) in [5, 5.41) is 10.3. The van der Waals surface area contributed by atoms with Gasteiger partial charge in [0.2, 0.25) is 0 Å². The van der Waals surface area contributed by atoms with Crippen LogP contribution in [0.15, 0.2) is 24.3 Å². The van der Waals surface area contributed by atoms with Crippen molar-refractivity contribution in [2.45, 2.75) is 37.5 Å². The molecule has 2 aromatic rings. The average Bonchev–Trinajstić information content (AvgIpc) is 3.51. The number of amides is 2. The number of aryl methyl sites for hydroxylation is 1. The molecule has 1 aromatic heterocycles. The maximum absolute atomic E-state index is 13.2. The zero-order valence-electron chi connectivity index (χ0n) is 18.6. The van der Waals surface area contributed by atoms with Crippen LogP contribution >= 0.6 is 0 Å². The Morgan fingerprint density at radius 3 is 2.50 bits per heavy atom. The third kappa shape index (κ3) is 3.87. The van der Waals surface area contributed by atoms with E-state index in [-0.39, 0.29) is 29.8 Å². The molecule has 1 aliphatic heterocycles. The van der Waals surface area contributed by atoms with E-state index in [9.17, 15) is 18.0 Å². The zero-order valence-corrected chi connectivity index (χ0v) is 19.5. The smallest absolute Gasteiger partial charge is 0.272 e. The number of hydrogen-bond donors (Lipinski definition) is 2. The summed E-state index contributed by atoms with van der Waals surface area (Å²) < 4.78 is 25.6. The first-order valence-electron chi connectivity index (χ1n) is 10.8. The fourth-order valence-corrected chi connectivity index (χ4v) is 6.01. The van der Waals surface area contributed by atoms with Gasteiger partial charge in [0.25, 0.3) is 11.8 Å². The Hall–Kier alpha value is -2.88. The highest BCUT2D eigenvalue weighted by Gasteiger charge is 2.55. The van der Waals surface area contributed by atoms with Crippen LogP contribution in [0.5, 0.6) is 0 Å². The molecule has 0 saturated heterocycles. The lowest BCUT2D eigenvalue weighted by molar-refractivity contribution is 0.0724. The molecule has 2 amide bonds. The molecule has 2 aliphatic rings. The number of nitrogens with one attached hydrogen (secondary N) is 2. The third-order valence-electron chi connectivity index (χ3n) is 6.50. The van der Waals surface area contributed by atoms with Crippen LogP contribution in [0.2, 0.25) is 0 Å².